The Bertz CT molecular complexity index is 824. The quantitative estimate of drug-likeness (QED) is 0.693. The van der Waals surface area contributed by atoms with Gasteiger partial charge in [0.1, 0.15) is 5.75 Å². The van der Waals surface area contributed by atoms with E-state index in [4.69, 9.17) is 30.5 Å². The minimum atomic E-state index is -0.685. The fraction of sp³-hybridized carbons (Fsp3) is 0.263. The highest BCUT2D eigenvalue weighted by Gasteiger charge is 2.12. The SMILES string of the molecule is COc1ccc(NC(=O)COC(=O)COc2cc(C)ccc2Cl)cc1OC. The largest absolute Gasteiger partial charge is 0.493 e. The number of amides is 1. The van der Waals surface area contributed by atoms with Crippen molar-refractivity contribution in [2.45, 2.75) is 6.92 Å². The zero-order valence-corrected chi connectivity index (χ0v) is 16.0. The molecule has 0 bridgehead atoms. The molecule has 0 aromatic heterocycles. The molecule has 0 heterocycles. The van der Waals surface area contributed by atoms with Gasteiger partial charge in [-0.15, -0.1) is 0 Å². The number of hydrogen-bond acceptors (Lipinski definition) is 6. The minimum absolute atomic E-state index is 0.354. The molecule has 0 fully saturated rings. The maximum atomic E-state index is 11.9. The van der Waals surface area contributed by atoms with Crippen molar-refractivity contribution in [2.75, 3.05) is 32.8 Å². The van der Waals surface area contributed by atoms with Crippen LogP contribution in [0.2, 0.25) is 5.02 Å². The third kappa shape index (κ3) is 6.07. The summed E-state index contributed by atoms with van der Waals surface area (Å²) in [6.07, 6.45) is 0. The monoisotopic (exact) mass is 393 g/mol. The van der Waals surface area contributed by atoms with E-state index in [1.807, 2.05) is 13.0 Å². The standard InChI is InChI=1S/C19H20ClNO6/c1-12-4-6-14(20)16(8-12)26-11-19(23)27-10-18(22)21-13-5-7-15(24-2)17(9-13)25-3/h4-9H,10-11H2,1-3H3,(H,21,22). The van der Waals surface area contributed by atoms with Crippen LogP contribution in [0.5, 0.6) is 17.2 Å². The average molecular weight is 394 g/mol. The number of methoxy groups -OCH3 is 2. The highest BCUT2D eigenvalue weighted by atomic mass is 35.5. The zero-order chi connectivity index (χ0) is 19.8. The van der Waals surface area contributed by atoms with Crippen LogP contribution in [0.4, 0.5) is 5.69 Å². The summed E-state index contributed by atoms with van der Waals surface area (Å²) < 4.78 is 20.5. The Morgan fingerprint density at radius 3 is 2.41 bits per heavy atom. The number of nitrogens with one attached hydrogen (secondary N) is 1. The van der Waals surface area contributed by atoms with Gasteiger partial charge in [-0.2, -0.15) is 0 Å². The molecule has 1 N–H and O–H groups in total. The number of rotatable bonds is 8. The van der Waals surface area contributed by atoms with Gasteiger partial charge in [-0.1, -0.05) is 17.7 Å². The number of carbonyl (C=O) groups excluding carboxylic acids is 2. The van der Waals surface area contributed by atoms with E-state index in [2.05, 4.69) is 5.32 Å². The van der Waals surface area contributed by atoms with Crippen molar-refractivity contribution < 1.29 is 28.5 Å². The summed E-state index contributed by atoms with van der Waals surface area (Å²) in [4.78, 5) is 23.7. The number of halogens is 1. The molecule has 2 aromatic rings. The van der Waals surface area contributed by atoms with Crippen LogP contribution in [-0.4, -0.2) is 39.3 Å². The molecule has 144 valence electrons. The van der Waals surface area contributed by atoms with Crippen molar-refractivity contribution in [3.05, 3.63) is 47.0 Å². The Morgan fingerprint density at radius 2 is 1.70 bits per heavy atom. The third-order valence-electron chi connectivity index (χ3n) is 3.46. The number of ether oxygens (including phenoxy) is 4. The van der Waals surface area contributed by atoms with Crippen LogP contribution in [-0.2, 0) is 14.3 Å². The lowest BCUT2D eigenvalue weighted by Gasteiger charge is -2.11. The molecule has 0 radical (unpaired) electrons. The second-order valence-electron chi connectivity index (χ2n) is 5.50. The lowest BCUT2D eigenvalue weighted by Crippen LogP contribution is -2.23. The van der Waals surface area contributed by atoms with E-state index < -0.39 is 18.5 Å². The molecule has 7 nitrogen and oxygen atoms in total. The van der Waals surface area contributed by atoms with E-state index in [9.17, 15) is 9.59 Å². The number of anilines is 1. The van der Waals surface area contributed by atoms with Crippen LogP contribution in [0.25, 0.3) is 0 Å². The first kappa shape index (κ1) is 20.4. The van der Waals surface area contributed by atoms with E-state index in [1.54, 1.807) is 30.3 Å². The van der Waals surface area contributed by atoms with Gasteiger partial charge in [0.25, 0.3) is 5.91 Å². The maximum Gasteiger partial charge on any atom is 0.344 e. The Labute approximate surface area is 162 Å². The van der Waals surface area contributed by atoms with Crippen LogP contribution < -0.4 is 19.5 Å². The Hall–Kier alpha value is -2.93. The Kier molecular flexibility index (Phi) is 7.31. The van der Waals surface area contributed by atoms with Crippen molar-refractivity contribution in [3.63, 3.8) is 0 Å². The molecule has 2 rings (SSSR count). The van der Waals surface area contributed by atoms with Crippen LogP contribution in [0.3, 0.4) is 0 Å². The van der Waals surface area contributed by atoms with Gasteiger partial charge in [0, 0.05) is 11.8 Å². The third-order valence-corrected chi connectivity index (χ3v) is 3.78. The predicted octanol–water partition coefficient (Wildman–Crippen LogP) is 3.23. The highest BCUT2D eigenvalue weighted by Crippen LogP contribution is 2.29. The van der Waals surface area contributed by atoms with Crippen molar-refractivity contribution >= 4 is 29.2 Å². The first-order valence-electron chi connectivity index (χ1n) is 7.99. The number of aryl methyl sites for hydroxylation is 1. The first-order valence-corrected chi connectivity index (χ1v) is 8.37. The van der Waals surface area contributed by atoms with Gasteiger partial charge in [0.2, 0.25) is 0 Å². The minimum Gasteiger partial charge on any atom is -0.493 e. The molecule has 0 atom stereocenters. The fourth-order valence-electron chi connectivity index (χ4n) is 2.16. The molecule has 2 aromatic carbocycles. The second-order valence-corrected chi connectivity index (χ2v) is 5.91. The van der Waals surface area contributed by atoms with Gasteiger partial charge in [0.05, 0.1) is 19.2 Å². The molecule has 0 aliphatic carbocycles. The smallest absolute Gasteiger partial charge is 0.344 e. The van der Waals surface area contributed by atoms with E-state index in [-0.39, 0.29) is 6.61 Å². The average Bonchev–Trinajstić information content (AvgIpc) is 2.66. The summed E-state index contributed by atoms with van der Waals surface area (Å²) in [6.45, 7) is 1.07. The van der Waals surface area contributed by atoms with Crippen molar-refractivity contribution in [1.82, 2.24) is 0 Å². The van der Waals surface area contributed by atoms with E-state index in [0.717, 1.165) is 5.56 Å². The van der Waals surface area contributed by atoms with Gasteiger partial charge in [-0.05, 0) is 36.8 Å². The molecule has 8 heteroatoms. The highest BCUT2D eigenvalue weighted by molar-refractivity contribution is 6.32. The van der Waals surface area contributed by atoms with Crippen LogP contribution in [0.1, 0.15) is 5.56 Å². The predicted molar refractivity (Wildman–Crippen MR) is 101 cm³/mol. The fourth-order valence-corrected chi connectivity index (χ4v) is 2.33. The Morgan fingerprint density at radius 1 is 0.963 bits per heavy atom. The molecule has 0 aliphatic rings. The molecule has 0 saturated carbocycles. The normalized spacial score (nSPS) is 10.1. The van der Waals surface area contributed by atoms with E-state index >= 15 is 0 Å². The summed E-state index contributed by atoms with van der Waals surface area (Å²) in [5, 5.41) is 2.99. The molecule has 0 unspecified atom stereocenters. The second kappa shape index (κ2) is 9.68. The van der Waals surface area contributed by atoms with Gasteiger partial charge in [-0.3, -0.25) is 4.79 Å². The maximum absolute atomic E-state index is 11.9. The molecule has 27 heavy (non-hydrogen) atoms. The number of esters is 1. The van der Waals surface area contributed by atoms with Crippen LogP contribution >= 0.6 is 11.6 Å². The van der Waals surface area contributed by atoms with E-state index in [1.165, 1.54) is 14.2 Å². The van der Waals surface area contributed by atoms with Crippen LogP contribution in [0, 0.1) is 6.92 Å². The lowest BCUT2D eigenvalue weighted by atomic mass is 10.2. The van der Waals surface area contributed by atoms with Crippen molar-refractivity contribution in [2.24, 2.45) is 0 Å². The molecular weight excluding hydrogens is 374 g/mol. The summed E-state index contributed by atoms with van der Waals surface area (Å²) in [5.41, 5.74) is 1.42. The summed E-state index contributed by atoms with van der Waals surface area (Å²) in [7, 11) is 3.01. The molecule has 1 amide bonds. The van der Waals surface area contributed by atoms with Crippen molar-refractivity contribution in [3.8, 4) is 17.2 Å². The summed E-state index contributed by atoms with van der Waals surface area (Å²) >= 11 is 5.98. The molecule has 0 saturated heterocycles. The summed E-state index contributed by atoms with van der Waals surface area (Å²) in [6, 6.07) is 10.1. The van der Waals surface area contributed by atoms with Gasteiger partial charge in [0.15, 0.2) is 24.7 Å². The van der Waals surface area contributed by atoms with Crippen molar-refractivity contribution in [1.29, 1.82) is 0 Å². The molecule has 0 spiro atoms. The zero-order valence-electron chi connectivity index (χ0n) is 15.2. The van der Waals surface area contributed by atoms with Crippen LogP contribution in [0.15, 0.2) is 36.4 Å². The van der Waals surface area contributed by atoms with Gasteiger partial charge >= 0.3 is 5.97 Å². The number of benzene rings is 2. The first-order chi connectivity index (χ1) is 12.9. The lowest BCUT2D eigenvalue weighted by molar-refractivity contribution is -0.149. The van der Waals surface area contributed by atoms with Gasteiger partial charge < -0.3 is 24.3 Å². The topological polar surface area (TPSA) is 83.1 Å². The van der Waals surface area contributed by atoms with E-state index in [0.29, 0.717) is 28.0 Å². The molecular formula is C19H20ClNO6. The Balaban J connectivity index is 1.81. The van der Waals surface area contributed by atoms with Gasteiger partial charge in [-0.25, -0.2) is 4.79 Å². The molecule has 0 aliphatic heterocycles. The number of carbonyl (C=O) groups is 2. The number of hydrogen-bond donors (Lipinski definition) is 1. The summed E-state index contributed by atoms with van der Waals surface area (Å²) in [5.74, 6) is 0.201.